The average molecular weight is 737 g/mol. The minimum atomic E-state index is -2.39. The van der Waals surface area contributed by atoms with E-state index in [9.17, 15) is 0 Å². The molecule has 0 spiro atoms. The zero-order valence-corrected chi connectivity index (χ0v) is 31.5. The van der Waals surface area contributed by atoms with Gasteiger partial charge < -0.3 is 0 Å². The third-order valence-electron chi connectivity index (χ3n) is 11.2. The standard InChI is InChI=1S/C51H33N2PS/c55-54(41-15-6-2-7-16-41,42-17-8-3-9-18-42)43-26-29-48-46(33-43)50-44-19-11-10-14-35(44)24-27-45(50)51-52-47-28-25-40(32-49(47)53(48)51)39-23-22-37-30-36(20-21-38(37)31-39)34-12-4-1-5-13-34/h1-33H. The number of hydrogen-bond acceptors (Lipinski definition) is 2. The highest BCUT2D eigenvalue weighted by Gasteiger charge is 2.26. The molecule has 0 aliphatic carbocycles. The Bertz CT molecular complexity index is 3290. The summed E-state index contributed by atoms with van der Waals surface area (Å²) in [6.07, 6.45) is 0. The molecule has 0 amide bonds. The van der Waals surface area contributed by atoms with Crippen molar-refractivity contribution in [2.75, 3.05) is 0 Å². The van der Waals surface area contributed by atoms with Gasteiger partial charge in [-0.25, -0.2) is 4.98 Å². The third-order valence-corrected chi connectivity index (χ3v) is 16.2. The predicted molar refractivity (Wildman–Crippen MR) is 240 cm³/mol. The lowest BCUT2D eigenvalue weighted by molar-refractivity contribution is 1.32. The highest BCUT2D eigenvalue weighted by Crippen LogP contribution is 2.45. The molecule has 11 aromatic rings. The Balaban J connectivity index is 1.16. The van der Waals surface area contributed by atoms with Crippen molar-refractivity contribution >= 4 is 93.7 Å². The number of rotatable bonds is 5. The maximum Gasteiger partial charge on any atom is 0.146 e. The van der Waals surface area contributed by atoms with Crippen LogP contribution >= 0.6 is 6.04 Å². The molecule has 2 heterocycles. The van der Waals surface area contributed by atoms with Crippen molar-refractivity contribution in [2.24, 2.45) is 0 Å². The Morgan fingerprint density at radius 1 is 0.382 bits per heavy atom. The Hall–Kier alpha value is -6.38. The summed E-state index contributed by atoms with van der Waals surface area (Å²) in [5, 5.41) is 12.0. The van der Waals surface area contributed by atoms with Crippen molar-refractivity contribution < 1.29 is 0 Å². The maximum atomic E-state index is 6.87. The Morgan fingerprint density at radius 2 is 0.964 bits per heavy atom. The molecule has 0 radical (unpaired) electrons. The Kier molecular flexibility index (Phi) is 7.35. The maximum absolute atomic E-state index is 6.87. The van der Waals surface area contributed by atoms with Gasteiger partial charge in [0.05, 0.1) is 16.6 Å². The fourth-order valence-corrected chi connectivity index (χ4v) is 12.2. The van der Waals surface area contributed by atoms with E-state index in [0.29, 0.717) is 0 Å². The van der Waals surface area contributed by atoms with Crippen molar-refractivity contribution in [3.05, 3.63) is 200 Å². The van der Waals surface area contributed by atoms with Crippen LogP contribution in [0.3, 0.4) is 0 Å². The van der Waals surface area contributed by atoms with Gasteiger partial charge in [0.25, 0.3) is 0 Å². The lowest BCUT2D eigenvalue weighted by atomic mass is 9.97. The van der Waals surface area contributed by atoms with E-state index in [1.54, 1.807) is 0 Å². The molecule has 0 unspecified atom stereocenters. The minimum Gasteiger partial charge on any atom is -0.292 e. The zero-order chi connectivity index (χ0) is 36.5. The molecule has 2 nitrogen and oxygen atoms in total. The summed E-state index contributed by atoms with van der Waals surface area (Å²) in [5.41, 5.74) is 8.95. The Labute approximate surface area is 324 Å². The van der Waals surface area contributed by atoms with Crippen molar-refractivity contribution in [3.8, 4) is 22.3 Å². The molecule has 258 valence electrons. The zero-order valence-electron chi connectivity index (χ0n) is 29.8. The molecule has 0 atom stereocenters. The fourth-order valence-electron chi connectivity index (χ4n) is 8.50. The van der Waals surface area contributed by atoms with Crippen LogP contribution in [0.15, 0.2) is 200 Å². The van der Waals surface area contributed by atoms with E-state index in [0.717, 1.165) is 33.1 Å². The molecule has 0 aliphatic heterocycles. The summed E-state index contributed by atoms with van der Waals surface area (Å²) in [6.45, 7) is 0. The summed E-state index contributed by atoms with van der Waals surface area (Å²) in [5.74, 6) is 0. The van der Waals surface area contributed by atoms with Crippen molar-refractivity contribution in [3.63, 3.8) is 0 Å². The van der Waals surface area contributed by atoms with Gasteiger partial charge in [0.15, 0.2) is 0 Å². The Morgan fingerprint density at radius 3 is 1.67 bits per heavy atom. The van der Waals surface area contributed by atoms with Crippen LogP contribution in [0.4, 0.5) is 0 Å². The van der Waals surface area contributed by atoms with Gasteiger partial charge in [-0.3, -0.25) is 4.40 Å². The van der Waals surface area contributed by atoms with E-state index in [-0.39, 0.29) is 0 Å². The van der Waals surface area contributed by atoms with Crippen LogP contribution in [-0.4, -0.2) is 9.38 Å². The predicted octanol–water partition coefficient (Wildman–Crippen LogP) is 12.2. The van der Waals surface area contributed by atoms with E-state index >= 15 is 0 Å². The topological polar surface area (TPSA) is 17.3 Å². The number of benzene rings is 9. The number of nitrogens with zero attached hydrogens (tertiary/aromatic N) is 2. The van der Waals surface area contributed by atoms with Gasteiger partial charge in [-0.05, 0) is 102 Å². The van der Waals surface area contributed by atoms with E-state index in [2.05, 4.69) is 205 Å². The smallest absolute Gasteiger partial charge is 0.146 e. The summed E-state index contributed by atoms with van der Waals surface area (Å²) < 4.78 is 2.37. The fraction of sp³-hybridized carbons (Fsp3) is 0. The summed E-state index contributed by atoms with van der Waals surface area (Å²) in [6, 6.07) is 70.0. The molecule has 0 saturated carbocycles. The van der Waals surface area contributed by atoms with Gasteiger partial charge >= 0.3 is 0 Å². The van der Waals surface area contributed by atoms with Crippen molar-refractivity contribution in [2.45, 2.75) is 0 Å². The van der Waals surface area contributed by atoms with Crippen LogP contribution in [0.2, 0.25) is 0 Å². The molecular formula is C51H33N2PS. The molecule has 0 fully saturated rings. The minimum absolute atomic E-state index is 0.964. The summed E-state index contributed by atoms with van der Waals surface area (Å²) in [4.78, 5) is 5.34. The number of aromatic nitrogens is 2. The first-order valence-corrected chi connectivity index (χ1v) is 21.4. The molecule has 0 saturated heterocycles. The number of imidazole rings is 1. The van der Waals surface area contributed by atoms with Crippen LogP contribution in [0.1, 0.15) is 0 Å². The molecular weight excluding hydrogens is 704 g/mol. The second-order valence-corrected chi connectivity index (χ2v) is 18.7. The normalized spacial score (nSPS) is 12.1. The van der Waals surface area contributed by atoms with Gasteiger partial charge in [-0.15, -0.1) is 0 Å². The van der Waals surface area contributed by atoms with Gasteiger partial charge in [0.1, 0.15) is 5.65 Å². The molecule has 55 heavy (non-hydrogen) atoms. The lowest BCUT2D eigenvalue weighted by Gasteiger charge is -2.25. The highest BCUT2D eigenvalue weighted by molar-refractivity contribution is 8.25. The first-order chi connectivity index (χ1) is 27.1. The third kappa shape index (κ3) is 5.08. The highest BCUT2D eigenvalue weighted by atomic mass is 32.4. The molecule has 0 N–H and O–H groups in total. The first kappa shape index (κ1) is 32.1. The van der Waals surface area contributed by atoms with Crippen LogP contribution in [0.25, 0.3) is 82.2 Å². The van der Waals surface area contributed by atoms with E-state index in [4.69, 9.17) is 16.8 Å². The molecule has 9 aromatic carbocycles. The van der Waals surface area contributed by atoms with Crippen LogP contribution in [0.5, 0.6) is 0 Å². The molecule has 2 aromatic heterocycles. The second-order valence-electron chi connectivity index (χ2n) is 14.3. The monoisotopic (exact) mass is 736 g/mol. The summed E-state index contributed by atoms with van der Waals surface area (Å²) in [7, 11) is 0. The molecule has 0 aliphatic rings. The second kappa shape index (κ2) is 12.6. The number of hydrogen-bond donors (Lipinski definition) is 0. The number of pyridine rings is 1. The van der Waals surface area contributed by atoms with E-state index in [1.807, 2.05) is 0 Å². The van der Waals surface area contributed by atoms with Gasteiger partial charge in [0.2, 0.25) is 0 Å². The molecule has 4 heteroatoms. The quantitative estimate of drug-likeness (QED) is 0.129. The lowest BCUT2D eigenvalue weighted by Crippen LogP contribution is -2.24. The van der Waals surface area contributed by atoms with Crippen LogP contribution in [0, 0.1) is 0 Å². The average Bonchev–Trinajstić information content (AvgIpc) is 3.65. The molecule has 0 bridgehead atoms. The van der Waals surface area contributed by atoms with Crippen LogP contribution < -0.4 is 15.9 Å². The summed E-state index contributed by atoms with van der Waals surface area (Å²) >= 11 is 6.87. The van der Waals surface area contributed by atoms with E-state index in [1.165, 1.54) is 64.9 Å². The van der Waals surface area contributed by atoms with Gasteiger partial charge in [-0.1, -0.05) is 170 Å². The molecule has 11 rings (SSSR count). The van der Waals surface area contributed by atoms with Crippen molar-refractivity contribution in [1.82, 2.24) is 9.38 Å². The van der Waals surface area contributed by atoms with E-state index < -0.39 is 6.04 Å². The largest absolute Gasteiger partial charge is 0.292 e. The van der Waals surface area contributed by atoms with Crippen molar-refractivity contribution in [1.29, 1.82) is 0 Å². The first-order valence-electron chi connectivity index (χ1n) is 18.6. The van der Waals surface area contributed by atoms with Crippen LogP contribution in [-0.2, 0) is 11.8 Å². The number of fused-ring (bicyclic) bond motifs is 11. The van der Waals surface area contributed by atoms with Gasteiger partial charge in [0, 0.05) is 22.2 Å². The van der Waals surface area contributed by atoms with Gasteiger partial charge in [-0.2, -0.15) is 0 Å². The SMILES string of the molecule is S=P(c1ccccc1)(c1ccccc1)c1ccc2c(c1)c1c3ccccc3ccc1c1nc3ccc(-c4ccc5cc(-c6ccccc6)ccc5c4)cc3n21.